The standard InChI is InChI=1S/C16H22N4OS/c1-5-12(3)17-14(21)10-22-16-19-18-15(20(16)4)13-9-7-6-8-11(13)2/h6-9,12H,5,10H2,1-4H3,(H,17,21). The van der Waals surface area contributed by atoms with E-state index in [-0.39, 0.29) is 11.9 Å². The molecular weight excluding hydrogens is 296 g/mol. The lowest BCUT2D eigenvalue weighted by Crippen LogP contribution is -2.33. The van der Waals surface area contributed by atoms with Crippen LogP contribution in [0.2, 0.25) is 0 Å². The second-order valence-corrected chi connectivity index (χ2v) is 6.29. The maximum absolute atomic E-state index is 11.8. The minimum Gasteiger partial charge on any atom is -0.353 e. The maximum atomic E-state index is 11.8. The molecule has 1 heterocycles. The van der Waals surface area contributed by atoms with Crippen molar-refractivity contribution in [2.75, 3.05) is 5.75 Å². The van der Waals surface area contributed by atoms with Crippen LogP contribution in [0, 0.1) is 6.92 Å². The van der Waals surface area contributed by atoms with Crippen LogP contribution in [0.3, 0.4) is 0 Å². The third kappa shape index (κ3) is 3.88. The topological polar surface area (TPSA) is 59.8 Å². The zero-order valence-electron chi connectivity index (χ0n) is 13.5. The number of carbonyl (C=O) groups excluding carboxylic acids is 1. The van der Waals surface area contributed by atoms with E-state index in [1.807, 2.05) is 36.7 Å². The minimum atomic E-state index is 0.0276. The van der Waals surface area contributed by atoms with Crippen LogP contribution in [0.4, 0.5) is 0 Å². The van der Waals surface area contributed by atoms with Crippen molar-refractivity contribution in [3.8, 4) is 11.4 Å². The Bertz CT molecular complexity index is 653. The molecule has 0 bridgehead atoms. The van der Waals surface area contributed by atoms with Gasteiger partial charge in [0.2, 0.25) is 5.91 Å². The highest BCUT2D eigenvalue weighted by Gasteiger charge is 2.14. The number of carbonyl (C=O) groups is 1. The van der Waals surface area contributed by atoms with Gasteiger partial charge in [-0.3, -0.25) is 4.79 Å². The van der Waals surface area contributed by atoms with Gasteiger partial charge in [0, 0.05) is 18.7 Å². The van der Waals surface area contributed by atoms with Crippen molar-refractivity contribution in [1.29, 1.82) is 0 Å². The molecule has 0 aliphatic heterocycles. The van der Waals surface area contributed by atoms with E-state index in [4.69, 9.17) is 0 Å². The number of aryl methyl sites for hydroxylation is 1. The number of rotatable bonds is 6. The third-order valence-corrected chi connectivity index (χ3v) is 4.59. The van der Waals surface area contributed by atoms with E-state index in [9.17, 15) is 4.79 Å². The van der Waals surface area contributed by atoms with Gasteiger partial charge in [0.15, 0.2) is 11.0 Å². The molecule has 5 nitrogen and oxygen atoms in total. The summed E-state index contributed by atoms with van der Waals surface area (Å²) < 4.78 is 1.93. The number of nitrogens with one attached hydrogen (secondary N) is 1. The van der Waals surface area contributed by atoms with Crippen molar-refractivity contribution in [1.82, 2.24) is 20.1 Å². The quantitative estimate of drug-likeness (QED) is 0.832. The van der Waals surface area contributed by atoms with E-state index in [1.54, 1.807) is 0 Å². The van der Waals surface area contributed by atoms with Crippen molar-refractivity contribution >= 4 is 17.7 Å². The molecule has 0 saturated heterocycles. The summed E-state index contributed by atoms with van der Waals surface area (Å²) in [5, 5.41) is 12.2. The van der Waals surface area contributed by atoms with Gasteiger partial charge in [0.1, 0.15) is 0 Å². The number of thioether (sulfide) groups is 1. The summed E-state index contributed by atoms with van der Waals surface area (Å²) in [6.45, 7) is 6.10. The highest BCUT2D eigenvalue weighted by atomic mass is 32.2. The second-order valence-electron chi connectivity index (χ2n) is 5.35. The highest BCUT2D eigenvalue weighted by Crippen LogP contribution is 2.24. The van der Waals surface area contributed by atoms with Crippen LogP contribution >= 0.6 is 11.8 Å². The lowest BCUT2D eigenvalue weighted by atomic mass is 10.1. The normalized spacial score (nSPS) is 12.2. The molecule has 1 aromatic heterocycles. The van der Waals surface area contributed by atoms with Gasteiger partial charge >= 0.3 is 0 Å². The molecule has 0 aliphatic rings. The predicted octanol–water partition coefficient (Wildman–Crippen LogP) is 2.80. The van der Waals surface area contributed by atoms with Gasteiger partial charge in [0.05, 0.1) is 5.75 Å². The van der Waals surface area contributed by atoms with Gasteiger partial charge in [-0.2, -0.15) is 0 Å². The Morgan fingerprint density at radius 1 is 1.36 bits per heavy atom. The first kappa shape index (κ1) is 16.5. The van der Waals surface area contributed by atoms with Gasteiger partial charge in [-0.05, 0) is 25.8 Å². The first-order valence-corrected chi connectivity index (χ1v) is 8.39. The van der Waals surface area contributed by atoms with Crippen LogP contribution < -0.4 is 5.32 Å². The van der Waals surface area contributed by atoms with E-state index >= 15 is 0 Å². The summed E-state index contributed by atoms with van der Waals surface area (Å²) in [6, 6.07) is 8.28. The fourth-order valence-corrected chi connectivity index (χ4v) is 2.77. The zero-order chi connectivity index (χ0) is 16.1. The van der Waals surface area contributed by atoms with Crippen LogP contribution in [0.25, 0.3) is 11.4 Å². The van der Waals surface area contributed by atoms with Crippen LogP contribution in [-0.4, -0.2) is 32.5 Å². The molecule has 1 amide bonds. The Morgan fingerprint density at radius 2 is 2.09 bits per heavy atom. The zero-order valence-corrected chi connectivity index (χ0v) is 14.3. The van der Waals surface area contributed by atoms with Gasteiger partial charge in [-0.1, -0.05) is 43.0 Å². The summed E-state index contributed by atoms with van der Waals surface area (Å²) in [4.78, 5) is 11.8. The monoisotopic (exact) mass is 318 g/mol. The van der Waals surface area contributed by atoms with Crippen molar-refractivity contribution in [2.24, 2.45) is 7.05 Å². The van der Waals surface area contributed by atoms with Crippen molar-refractivity contribution in [3.05, 3.63) is 29.8 Å². The highest BCUT2D eigenvalue weighted by molar-refractivity contribution is 7.99. The SMILES string of the molecule is CCC(C)NC(=O)CSc1nnc(-c2ccccc2C)n1C. The molecule has 2 rings (SSSR count). The molecule has 1 N–H and O–H groups in total. The minimum absolute atomic E-state index is 0.0276. The summed E-state index contributed by atoms with van der Waals surface area (Å²) in [7, 11) is 1.93. The molecule has 118 valence electrons. The summed E-state index contributed by atoms with van der Waals surface area (Å²) in [5.41, 5.74) is 2.22. The molecular formula is C16H22N4OS. The average molecular weight is 318 g/mol. The molecule has 0 spiro atoms. The molecule has 2 aromatic rings. The Labute approximate surface area is 135 Å². The smallest absolute Gasteiger partial charge is 0.230 e. The Balaban J connectivity index is 2.06. The van der Waals surface area contributed by atoms with Crippen LogP contribution in [0.1, 0.15) is 25.8 Å². The molecule has 0 radical (unpaired) electrons. The van der Waals surface area contributed by atoms with Crippen molar-refractivity contribution < 1.29 is 4.79 Å². The fourth-order valence-electron chi connectivity index (χ4n) is 2.05. The number of aromatic nitrogens is 3. The van der Waals surface area contributed by atoms with Gasteiger partial charge in [-0.25, -0.2) is 0 Å². The molecule has 1 aromatic carbocycles. The molecule has 1 unspecified atom stereocenters. The molecule has 1 atom stereocenters. The lowest BCUT2D eigenvalue weighted by Gasteiger charge is -2.10. The van der Waals surface area contributed by atoms with E-state index in [0.29, 0.717) is 5.75 Å². The number of benzene rings is 1. The maximum Gasteiger partial charge on any atom is 0.230 e. The van der Waals surface area contributed by atoms with Crippen LogP contribution in [-0.2, 0) is 11.8 Å². The van der Waals surface area contributed by atoms with E-state index in [0.717, 1.165) is 28.5 Å². The Kier molecular flexibility index (Phi) is 5.60. The molecule has 6 heteroatoms. The number of amides is 1. The van der Waals surface area contributed by atoms with Gasteiger partial charge in [0.25, 0.3) is 0 Å². The van der Waals surface area contributed by atoms with E-state index in [1.165, 1.54) is 11.8 Å². The van der Waals surface area contributed by atoms with Gasteiger partial charge < -0.3 is 9.88 Å². The summed E-state index contributed by atoms with van der Waals surface area (Å²) in [6.07, 6.45) is 0.928. The van der Waals surface area contributed by atoms with Crippen LogP contribution in [0.5, 0.6) is 0 Å². The van der Waals surface area contributed by atoms with E-state index in [2.05, 4.69) is 35.4 Å². The summed E-state index contributed by atoms with van der Waals surface area (Å²) in [5.74, 6) is 1.20. The number of hydrogen-bond acceptors (Lipinski definition) is 4. The predicted molar refractivity (Wildman–Crippen MR) is 89.8 cm³/mol. The Morgan fingerprint density at radius 3 is 2.77 bits per heavy atom. The lowest BCUT2D eigenvalue weighted by molar-refractivity contribution is -0.119. The van der Waals surface area contributed by atoms with Crippen molar-refractivity contribution in [2.45, 2.75) is 38.4 Å². The first-order chi connectivity index (χ1) is 10.5. The largest absolute Gasteiger partial charge is 0.353 e. The summed E-state index contributed by atoms with van der Waals surface area (Å²) >= 11 is 1.41. The first-order valence-electron chi connectivity index (χ1n) is 7.40. The molecule has 22 heavy (non-hydrogen) atoms. The van der Waals surface area contributed by atoms with Gasteiger partial charge in [-0.15, -0.1) is 10.2 Å². The average Bonchev–Trinajstić information content (AvgIpc) is 2.86. The number of nitrogens with zero attached hydrogens (tertiary/aromatic N) is 3. The van der Waals surface area contributed by atoms with E-state index < -0.39 is 0 Å². The fraction of sp³-hybridized carbons (Fsp3) is 0.438. The second kappa shape index (κ2) is 7.45. The number of hydrogen-bond donors (Lipinski definition) is 1. The Hall–Kier alpha value is -1.82. The third-order valence-electron chi connectivity index (χ3n) is 3.57. The molecule has 0 fully saturated rings. The van der Waals surface area contributed by atoms with Crippen LogP contribution in [0.15, 0.2) is 29.4 Å². The molecule has 0 aliphatic carbocycles. The van der Waals surface area contributed by atoms with Crippen molar-refractivity contribution in [3.63, 3.8) is 0 Å². The molecule has 0 saturated carbocycles.